The lowest BCUT2D eigenvalue weighted by Crippen LogP contribution is -2.11. The fourth-order valence-corrected chi connectivity index (χ4v) is 8.69. The van der Waals surface area contributed by atoms with Gasteiger partial charge in [-0.1, -0.05) is 115 Å². The van der Waals surface area contributed by atoms with E-state index in [-0.39, 0.29) is 0 Å². The normalized spacial score (nSPS) is 11.7. The average molecular weight is 643 g/mol. The minimum absolute atomic E-state index is 1.11. The number of rotatable bonds is 5. The lowest BCUT2D eigenvalue weighted by Gasteiger charge is -2.27. The fraction of sp³-hybridized carbons (Fsp3) is 0. The van der Waals surface area contributed by atoms with Crippen molar-refractivity contribution in [3.05, 3.63) is 182 Å². The first kappa shape index (κ1) is 27.9. The van der Waals surface area contributed by atoms with Gasteiger partial charge in [0.25, 0.3) is 0 Å². The zero-order valence-electron chi connectivity index (χ0n) is 26.6. The first-order valence-electron chi connectivity index (χ1n) is 16.7. The summed E-state index contributed by atoms with van der Waals surface area (Å²) in [4.78, 5) is 2.39. The number of hydrogen-bond donors (Lipinski definition) is 0. The molecule has 0 saturated carbocycles. The van der Waals surface area contributed by atoms with Crippen LogP contribution in [-0.2, 0) is 0 Å². The average Bonchev–Trinajstić information content (AvgIpc) is 3.73. The Morgan fingerprint density at radius 3 is 1.94 bits per heavy atom. The molecule has 3 heteroatoms. The SMILES string of the molecule is c1ccc(N(c2ccc(-c3ccc4c(ccc5sc6ccccc6c54)c3)cc2)c2cccc3c4ccccc4n(-c4ccccc4)c23)cc1. The van der Waals surface area contributed by atoms with E-state index in [1.165, 1.54) is 63.9 Å². The summed E-state index contributed by atoms with van der Waals surface area (Å²) in [6.07, 6.45) is 0. The van der Waals surface area contributed by atoms with Crippen LogP contribution in [0.5, 0.6) is 0 Å². The Labute approximate surface area is 288 Å². The van der Waals surface area contributed by atoms with Crippen molar-refractivity contribution in [2.75, 3.05) is 4.90 Å². The Hall–Kier alpha value is -6.16. The maximum absolute atomic E-state index is 2.41. The highest BCUT2D eigenvalue weighted by Crippen LogP contribution is 2.44. The van der Waals surface area contributed by atoms with Crippen LogP contribution >= 0.6 is 11.3 Å². The summed E-state index contributed by atoms with van der Waals surface area (Å²) in [7, 11) is 0. The second kappa shape index (κ2) is 11.2. The number of nitrogens with zero attached hydrogens (tertiary/aromatic N) is 2. The lowest BCUT2D eigenvalue weighted by atomic mass is 9.98. The molecule has 49 heavy (non-hydrogen) atoms. The molecular weight excluding hydrogens is 613 g/mol. The summed E-state index contributed by atoms with van der Waals surface area (Å²) in [6, 6.07) is 66.1. The van der Waals surface area contributed by atoms with Gasteiger partial charge in [0.05, 0.1) is 16.7 Å². The smallest absolute Gasteiger partial charge is 0.0782 e. The molecule has 0 unspecified atom stereocenters. The van der Waals surface area contributed by atoms with Crippen LogP contribution in [0.1, 0.15) is 0 Å². The second-order valence-corrected chi connectivity index (χ2v) is 13.6. The van der Waals surface area contributed by atoms with Crippen molar-refractivity contribution in [1.29, 1.82) is 0 Å². The number of benzene rings is 8. The standard InChI is InChI=1S/C46H30N2S/c1-3-12-34(13-4-1)47(42-20-11-18-39-38-16-7-9-19-41(38)48(46(39)42)35-14-5-2-6-15-35)36-26-22-31(23-27-36)32-24-28-37-33(30-32)25-29-44-45(37)40-17-8-10-21-43(40)49-44/h1-30H. The molecule has 0 aliphatic carbocycles. The lowest BCUT2D eigenvalue weighted by molar-refractivity contribution is 1.17. The Morgan fingerprint density at radius 1 is 0.429 bits per heavy atom. The molecule has 2 nitrogen and oxygen atoms in total. The van der Waals surface area contributed by atoms with Crippen LogP contribution in [0.3, 0.4) is 0 Å². The monoisotopic (exact) mass is 642 g/mol. The van der Waals surface area contributed by atoms with Gasteiger partial charge in [0.2, 0.25) is 0 Å². The van der Waals surface area contributed by atoms with Crippen LogP contribution in [0, 0.1) is 0 Å². The number of fused-ring (bicyclic) bond motifs is 8. The summed E-state index contributed by atoms with van der Waals surface area (Å²) in [5, 5.41) is 7.76. The van der Waals surface area contributed by atoms with Crippen LogP contribution in [-0.4, -0.2) is 4.57 Å². The third-order valence-corrected chi connectivity index (χ3v) is 10.9. The van der Waals surface area contributed by atoms with E-state index in [9.17, 15) is 0 Å². The molecule has 10 aromatic rings. The van der Waals surface area contributed by atoms with E-state index in [4.69, 9.17) is 0 Å². The van der Waals surface area contributed by atoms with Crippen LogP contribution in [0.4, 0.5) is 17.1 Å². The van der Waals surface area contributed by atoms with Crippen LogP contribution in [0.15, 0.2) is 182 Å². The molecule has 0 aliphatic heterocycles. The van der Waals surface area contributed by atoms with E-state index in [0.717, 1.165) is 22.7 Å². The Balaban J connectivity index is 1.13. The van der Waals surface area contributed by atoms with E-state index in [2.05, 4.69) is 191 Å². The molecule has 2 heterocycles. The molecule has 0 saturated heterocycles. The summed E-state index contributed by atoms with van der Waals surface area (Å²) in [5.74, 6) is 0. The molecule has 10 rings (SSSR count). The summed E-state index contributed by atoms with van der Waals surface area (Å²) < 4.78 is 5.09. The van der Waals surface area contributed by atoms with Gasteiger partial charge in [0, 0.05) is 48.0 Å². The number of anilines is 3. The maximum atomic E-state index is 2.41. The highest BCUT2D eigenvalue weighted by Gasteiger charge is 2.21. The zero-order valence-corrected chi connectivity index (χ0v) is 27.4. The zero-order chi connectivity index (χ0) is 32.3. The summed E-state index contributed by atoms with van der Waals surface area (Å²) in [5.41, 5.74) is 9.31. The fourth-order valence-electron chi connectivity index (χ4n) is 7.57. The van der Waals surface area contributed by atoms with Gasteiger partial charge in [-0.15, -0.1) is 11.3 Å². The van der Waals surface area contributed by atoms with Crippen LogP contribution in [0.25, 0.3) is 69.6 Å². The quantitative estimate of drug-likeness (QED) is 0.181. The predicted molar refractivity (Wildman–Crippen MR) is 211 cm³/mol. The molecular formula is C46H30N2S. The molecule has 0 radical (unpaired) electrons. The second-order valence-electron chi connectivity index (χ2n) is 12.6. The molecule has 0 fully saturated rings. The van der Waals surface area contributed by atoms with Gasteiger partial charge in [0.15, 0.2) is 0 Å². The van der Waals surface area contributed by atoms with Crippen LogP contribution in [0.2, 0.25) is 0 Å². The van der Waals surface area contributed by atoms with Crippen molar-refractivity contribution in [2.45, 2.75) is 0 Å². The van der Waals surface area contributed by atoms with Gasteiger partial charge >= 0.3 is 0 Å². The van der Waals surface area contributed by atoms with Crippen LogP contribution < -0.4 is 4.90 Å². The Bertz CT molecular complexity index is 2810. The first-order chi connectivity index (χ1) is 24.3. The summed E-state index contributed by atoms with van der Waals surface area (Å²) in [6.45, 7) is 0. The van der Waals surface area contributed by atoms with Gasteiger partial charge in [0.1, 0.15) is 0 Å². The van der Waals surface area contributed by atoms with Gasteiger partial charge in [-0.25, -0.2) is 0 Å². The van der Waals surface area contributed by atoms with Gasteiger partial charge in [-0.05, 0) is 88.6 Å². The highest BCUT2D eigenvalue weighted by molar-refractivity contribution is 7.26. The molecule has 0 aliphatic rings. The van der Waals surface area contributed by atoms with E-state index >= 15 is 0 Å². The predicted octanol–water partition coefficient (Wildman–Crippen LogP) is 13.4. The molecule has 8 aromatic carbocycles. The molecule has 230 valence electrons. The van der Waals surface area contributed by atoms with Crippen molar-refractivity contribution in [2.24, 2.45) is 0 Å². The molecule has 2 aromatic heterocycles. The molecule has 0 atom stereocenters. The molecule has 0 spiro atoms. The topological polar surface area (TPSA) is 8.17 Å². The molecule has 0 N–H and O–H groups in total. The Kier molecular flexibility index (Phi) is 6.39. The third kappa shape index (κ3) is 4.47. The van der Waals surface area contributed by atoms with Crippen molar-refractivity contribution in [3.63, 3.8) is 0 Å². The van der Waals surface area contributed by atoms with Crippen molar-refractivity contribution in [1.82, 2.24) is 4.57 Å². The third-order valence-electron chi connectivity index (χ3n) is 9.76. The van der Waals surface area contributed by atoms with Crippen molar-refractivity contribution < 1.29 is 0 Å². The minimum Gasteiger partial charge on any atom is -0.308 e. The van der Waals surface area contributed by atoms with Crippen molar-refractivity contribution >= 4 is 81.1 Å². The molecule has 0 bridgehead atoms. The largest absolute Gasteiger partial charge is 0.308 e. The van der Waals surface area contributed by atoms with Gasteiger partial charge < -0.3 is 9.47 Å². The van der Waals surface area contributed by atoms with Crippen molar-refractivity contribution in [3.8, 4) is 16.8 Å². The first-order valence-corrected chi connectivity index (χ1v) is 17.5. The minimum atomic E-state index is 1.11. The van der Waals surface area contributed by atoms with E-state index in [1.807, 2.05) is 11.3 Å². The summed E-state index contributed by atoms with van der Waals surface area (Å²) >= 11 is 1.87. The molecule has 0 amide bonds. The van der Waals surface area contributed by atoms with Gasteiger partial charge in [-0.3, -0.25) is 0 Å². The number of hydrogen-bond acceptors (Lipinski definition) is 2. The Morgan fingerprint density at radius 2 is 1.10 bits per heavy atom. The number of thiophene rings is 1. The number of aromatic nitrogens is 1. The highest BCUT2D eigenvalue weighted by atomic mass is 32.1. The maximum Gasteiger partial charge on any atom is 0.0782 e. The van der Waals surface area contributed by atoms with E-state index < -0.39 is 0 Å². The van der Waals surface area contributed by atoms with E-state index in [1.54, 1.807) is 0 Å². The van der Waals surface area contributed by atoms with Gasteiger partial charge in [-0.2, -0.15) is 0 Å². The number of para-hydroxylation sites is 4. The van der Waals surface area contributed by atoms with E-state index in [0.29, 0.717) is 0 Å².